The molecule has 0 saturated carbocycles. The fourth-order valence-corrected chi connectivity index (χ4v) is 1.37. The lowest BCUT2D eigenvalue weighted by Crippen LogP contribution is -2.40. The van der Waals surface area contributed by atoms with Crippen molar-refractivity contribution in [1.82, 2.24) is 5.32 Å². The van der Waals surface area contributed by atoms with Gasteiger partial charge in [0.15, 0.2) is 5.75 Å². The number of carbonyl (C=O) groups is 1. The first-order valence-electron chi connectivity index (χ1n) is 4.89. The first-order valence-corrected chi connectivity index (χ1v) is 4.89. The monoisotopic (exact) mass is 239 g/mol. The average Bonchev–Trinajstić information content (AvgIpc) is 2.30. The summed E-state index contributed by atoms with van der Waals surface area (Å²) in [5, 5.41) is 22.2. The van der Waals surface area contributed by atoms with Crippen LogP contribution in [0.15, 0.2) is 18.2 Å². The van der Waals surface area contributed by atoms with Crippen LogP contribution in [0.5, 0.6) is 5.75 Å². The number of nitro groups is 1. The van der Waals surface area contributed by atoms with E-state index in [2.05, 4.69) is 5.32 Å². The average molecular weight is 239 g/mol. The zero-order chi connectivity index (χ0) is 13.0. The van der Waals surface area contributed by atoms with Gasteiger partial charge in [0.2, 0.25) is 5.91 Å². The molecule has 1 atom stereocenters. The van der Waals surface area contributed by atoms with E-state index >= 15 is 0 Å². The summed E-state index contributed by atoms with van der Waals surface area (Å²) >= 11 is 0. The van der Waals surface area contributed by atoms with Crippen LogP contribution in [-0.2, 0) is 11.2 Å². The Labute approximate surface area is 97.4 Å². The van der Waals surface area contributed by atoms with Gasteiger partial charge in [0, 0.05) is 13.1 Å². The van der Waals surface area contributed by atoms with Crippen molar-refractivity contribution in [2.24, 2.45) is 5.73 Å². The second-order valence-corrected chi connectivity index (χ2v) is 3.51. The van der Waals surface area contributed by atoms with Gasteiger partial charge in [-0.15, -0.1) is 0 Å². The Morgan fingerprint density at radius 2 is 2.29 bits per heavy atom. The zero-order valence-electron chi connectivity index (χ0n) is 9.21. The molecule has 0 bridgehead atoms. The van der Waals surface area contributed by atoms with E-state index in [1.54, 1.807) is 0 Å². The minimum Gasteiger partial charge on any atom is -0.502 e. The first-order chi connectivity index (χ1) is 7.95. The number of hydrogen-bond acceptors (Lipinski definition) is 5. The number of phenolic OH excluding ortho intramolecular Hbond substituents is 1. The number of benzene rings is 1. The molecule has 4 N–H and O–H groups in total. The maximum atomic E-state index is 11.2. The van der Waals surface area contributed by atoms with Gasteiger partial charge in [-0.2, -0.15) is 0 Å². The SMILES string of the molecule is CNC(=O)C(N)Cc1ccc(O)c([N+](=O)[O-])c1. The van der Waals surface area contributed by atoms with Crippen molar-refractivity contribution in [3.63, 3.8) is 0 Å². The molecule has 92 valence electrons. The Kier molecular flexibility index (Phi) is 4.00. The second kappa shape index (κ2) is 5.26. The predicted molar refractivity (Wildman–Crippen MR) is 60.5 cm³/mol. The van der Waals surface area contributed by atoms with Gasteiger partial charge in [-0.3, -0.25) is 14.9 Å². The lowest BCUT2D eigenvalue weighted by atomic mass is 10.1. The fraction of sp³-hybridized carbons (Fsp3) is 0.300. The van der Waals surface area contributed by atoms with E-state index in [0.29, 0.717) is 5.56 Å². The highest BCUT2D eigenvalue weighted by atomic mass is 16.6. The van der Waals surface area contributed by atoms with Crippen LogP contribution >= 0.6 is 0 Å². The molecule has 0 aliphatic rings. The third kappa shape index (κ3) is 3.15. The van der Waals surface area contributed by atoms with Crippen molar-refractivity contribution < 1.29 is 14.8 Å². The van der Waals surface area contributed by atoms with Crippen molar-refractivity contribution in [2.45, 2.75) is 12.5 Å². The molecule has 0 aliphatic heterocycles. The number of nitrogens with one attached hydrogen (secondary N) is 1. The van der Waals surface area contributed by atoms with Gasteiger partial charge in [0.1, 0.15) is 0 Å². The highest BCUT2D eigenvalue weighted by molar-refractivity contribution is 5.81. The largest absolute Gasteiger partial charge is 0.502 e. The van der Waals surface area contributed by atoms with Crippen molar-refractivity contribution in [2.75, 3.05) is 7.05 Å². The van der Waals surface area contributed by atoms with E-state index < -0.39 is 22.4 Å². The Balaban J connectivity index is 2.90. The number of phenols is 1. The topological polar surface area (TPSA) is 118 Å². The molecule has 17 heavy (non-hydrogen) atoms. The zero-order valence-corrected chi connectivity index (χ0v) is 9.21. The maximum Gasteiger partial charge on any atom is 0.310 e. The molecule has 1 aromatic carbocycles. The number of nitrogens with two attached hydrogens (primary N) is 1. The van der Waals surface area contributed by atoms with Crippen molar-refractivity contribution in [3.05, 3.63) is 33.9 Å². The van der Waals surface area contributed by atoms with E-state index in [0.717, 1.165) is 0 Å². The molecule has 0 fully saturated rings. The van der Waals surface area contributed by atoms with Gasteiger partial charge in [-0.25, -0.2) is 0 Å². The maximum absolute atomic E-state index is 11.2. The normalized spacial score (nSPS) is 11.9. The lowest BCUT2D eigenvalue weighted by Gasteiger charge is -2.09. The molecule has 7 nitrogen and oxygen atoms in total. The van der Waals surface area contributed by atoms with Gasteiger partial charge in [0.05, 0.1) is 11.0 Å². The molecule has 0 heterocycles. The molecular formula is C10H13N3O4. The highest BCUT2D eigenvalue weighted by Crippen LogP contribution is 2.26. The fourth-order valence-electron chi connectivity index (χ4n) is 1.37. The predicted octanol–water partition coefficient (Wildman–Crippen LogP) is -0.0838. The summed E-state index contributed by atoms with van der Waals surface area (Å²) in [6.07, 6.45) is 0.167. The number of aromatic hydroxyl groups is 1. The van der Waals surface area contributed by atoms with Crippen LogP contribution in [0.4, 0.5) is 5.69 Å². The summed E-state index contributed by atoms with van der Waals surface area (Å²) in [5.41, 5.74) is 5.70. The summed E-state index contributed by atoms with van der Waals surface area (Å²) in [7, 11) is 1.46. The van der Waals surface area contributed by atoms with E-state index in [4.69, 9.17) is 5.73 Å². The van der Waals surface area contributed by atoms with Crippen LogP contribution in [0.25, 0.3) is 0 Å². The number of rotatable bonds is 4. The Morgan fingerprint density at radius 3 is 2.82 bits per heavy atom. The minimum atomic E-state index is -0.774. The molecule has 1 rings (SSSR count). The van der Waals surface area contributed by atoms with Crippen LogP contribution in [0.1, 0.15) is 5.56 Å². The third-order valence-electron chi connectivity index (χ3n) is 2.28. The van der Waals surface area contributed by atoms with Crippen molar-refractivity contribution in [3.8, 4) is 5.75 Å². The van der Waals surface area contributed by atoms with E-state index in [1.165, 1.54) is 25.2 Å². The first kappa shape index (κ1) is 12.9. The van der Waals surface area contributed by atoms with Gasteiger partial charge in [0.25, 0.3) is 0 Å². The summed E-state index contributed by atoms with van der Waals surface area (Å²) in [4.78, 5) is 21.1. The summed E-state index contributed by atoms with van der Waals surface area (Å²) < 4.78 is 0. The molecule has 0 aliphatic carbocycles. The number of likely N-dealkylation sites (N-methyl/N-ethyl adjacent to an activating group) is 1. The summed E-state index contributed by atoms with van der Waals surface area (Å²) in [5.74, 6) is -0.756. The minimum absolute atomic E-state index is 0.167. The molecule has 1 aromatic rings. The summed E-state index contributed by atoms with van der Waals surface area (Å²) in [6.45, 7) is 0. The Morgan fingerprint density at radius 1 is 1.65 bits per heavy atom. The van der Waals surface area contributed by atoms with Gasteiger partial charge in [-0.05, 0) is 18.1 Å². The number of nitrogens with zero attached hydrogens (tertiary/aromatic N) is 1. The van der Waals surface area contributed by atoms with Crippen LogP contribution in [0.3, 0.4) is 0 Å². The smallest absolute Gasteiger partial charge is 0.310 e. The highest BCUT2D eigenvalue weighted by Gasteiger charge is 2.17. The standard InChI is InChI=1S/C10H13N3O4/c1-12-10(15)7(11)4-6-2-3-9(14)8(5-6)13(16)17/h2-3,5,7,14H,4,11H2,1H3,(H,12,15). The lowest BCUT2D eigenvalue weighted by molar-refractivity contribution is -0.385. The third-order valence-corrected chi connectivity index (χ3v) is 2.28. The van der Waals surface area contributed by atoms with Gasteiger partial charge < -0.3 is 16.2 Å². The van der Waals surface area contributed by atoms with Crippen molar-refractivity contribution >= 4 is 11.6 Å². The Bertz CT molecular complexity index is 447. The molecular weight excluding hydrogens is 226 g/mol. The number of nitro benzene ring substituents is 1. The molecule has 0 aromatic heterocycles. The van der Waals surface area contributed by atoms with Crippen LogP contribution < -0.4 is 11.1 Å². The van der Waals surface area contributed by atoms with Crippen LogP contribution in [-0.4, -0.2) is 29.0 Å². The summed E-state index contributed by atoms with van der Waals surface area (Å²) in [6, 6.07) is 3.14. The molecule has 1 unspecified atom stereocenters. The van der Waals surface area contributed by atoms with Crippen molar-refractivity contribution in [1.29, 1.82) is 0 Å². The van der Waals surface area contributed by atoms with E-state index in [9.17, 15) is 20.0 Å². The number of hydrogen-bond donors (Lipinski definition) is 3. The van der Waals surface area contributed by atoms with Crippen LogP contribution in [0, 0.1) is 10.1 Å². The van der Waals surface area contributed by atoms with Gasteiger partial charge >= 0.3 is 5.69 Å². The molecule has 0 saturated heterocycles. The van der Waals surface area contributed by atoms with E-state index in [-0.39, 0.29) is 12.3 Å². The molecule has 1 amide bonds. The quantitative estimate of drug-likeness (QED) is 0.501. The number of carbonyl (C=O) groups excluding carboxylic acids is 1. The Hall–Kier alpha value is -2.15. The van der Waals surface area contributed by atoms with Crippen LogP contribution in [0.2, 0.25) is 0 Å². The van der Waals surface area contributed by atoms with Gasteiger partial charge in [-0.1, -0.05) is 6.07 Å². The second-order valence-electron chi connectivity index (χ2n) is 3.51. The molecule has 0 radical (unpaired) electrons. The molecule has 7 heteroatoms. The molecule has 0 spiro atoms. The van der Waals surface area contributed by atoms with E-state index in [1.807, 2.05) is 0 Å². The number of amides is 1.